The molecule has 0 spiro atoms. The van der Waals surface area contributed by atoms with Crippen molar-refractivity contribution in [2.45, 2.75) is 32.2 Å². The van der Waals surface area contributed by atoms with Crippen LogP contribution in [0.5, 0.6) is 0 Å². The van der Waals surface area contributed by atoms with Crippen molar-refractivity contribution >= 4 is 12.4 Å². The number of aryl methyl sites for hydroxylation is 1. The molecule has 1 atom stereocenters. The van der Waals surface area contributed by atoms with Crippen LogP contribution in [0, 0.1) is 12.7 Å². The molecule has 2 nitrogen and oxygen atoms in total. The molecule has 0 aliphatic rings. The van der Waals surface area contributed by atoms with Gasteiger partial charge in [-0.3, -0.25) is 0 Å². The summed E-state index contributed by atoms with van der Waals surface area (Å²) in [5.74, 6) is -0.179. The van der Waals surface area contributed by atoms with Crippen LogP contribution in [0.15, 0.2) is 18.2 Å². The fourth-order valence-electron chi connectivity index (χ4n) is 1.52. The Kier molecular flexibility index (Phi) is 7.30. The van der Waals surface area contributed by atoms with Crippen LogP contribution < -0.4 is 11.5 Å². The average molecular weight is 247 g/mol. The third kappa shape index (κ3) is 4.47. The Morgan fingerprint density at radius 3 is 2.56 bits per heavy atom. The lowest BCUT2D eigenvalue weighted by atomic mass is 10.0. The van der Waals surface area contributed by atoms with E-state index in [0.717, 1.165) is 24.8 Å². The molecule has 0 aromatic heterocycles. The quantitative estimate of drug-likeness (QED) is 0.785. The van der Waals surface area contributed by atoms with Gasteiger partial charge in [0.2, 0.25) is 0 Å². The molecular formula is C12H20ClFN2. The summed E-state index contributed by atoms with van der Waals surface area (Å²) < 4.78 is 13.3. The van der Waals surface area contributed by atoms with Gasteiger partial charge in [-0.05, 0) is 43.5 Å². The Morgan fingerprint density at radius 1 is 1.31 bits per heavy atom. The molecule has 4 N–H and O–H groups in total. The maximum Gasteiger partial charge on any atom is 0.126 e. The molecule has 0 fully saturated rings. The fourth-order valence-corrected chi connectivity index (χ4v) is 1.52. The summed E-state index contributed by atoms with van der Waals surface area (Å²) in [7, 11) is 0. The lowest BCUT2D eigenvalue weighted by molar-refractivity contribution is 0.577. The Hall–Kier alpha value is -0.640. The van der Waals surface area contributed by atoms with Crippen molar-refractivity contribution in [2.24, 2.45) is 11.5 Å². The van der Waals surface area contributed by atoms with E-state index < -0.39 is 0 Å². The molecule has 0 saturated carbocycles. The fraction of sp³-hybridized carbons (Fsp3) is 0.500. The molecule has 0 aliphatic carbocycles. The maximum absolute atomic E-state index is 13.3. The molecule has 0 saturated heterocycles. The zero-order valence-corrected chi connectivity index (χ0v) is 10.4. The third-order valence-electron chi connectivity index (χ3n) is 2.59. The summed E-state index contributed by atoms with van der Waals surface area (Å²) in [5.41, 5.74) is 12.9. The Morgan fingerprint density at radius 2 is 2.00 bits per heavy atom. The zero-order valence-electron chi connectivity index (χ0n) is 9.58. The first-order valence-corrected chi connectivity index (χ1v) is 5.37. The van der Waals surface area contributed by atoms with Gasteiger partial charge in [0.05, 0.1) is 0 Å². The van der Waals surface area contributed by atoms with Gasteiger partial charge >= 0.3 is 0 Å². The smallest absolute Gasteiger partial charge is 0.126 e. The van der Waals surface area contributed by atoms with Crippen molar-refractivity contribution in [3.63, 3.8) is 0 Å². The standard InChI is InChI=1S/C12H19FN2.ClH/c1-9-5-6-10(8-11(9)13)12(15)4-2-3-7-14;/h5-6,8,12H,2-4,7,14-15H2,1H3;1H/t12-;/m0./s1. The molecule has 0 unspecified atom stereocenters. The van der Waals surface area contributed by atoms with Gasteiger partial charge in [0.15, 0.2) is 0 Å². The lowest BCUT2D eigenvalue weighted by Gasteiger charge is -2.12. The van der Waals surface area contributed by atoms with Gasteiger partial charge < -0.3 is 11.5 Å². The summed E-state index contributed by atoms with van der Waals surface area (Å²) in [6, 6.07) is 5.12. The summed E-state index contributed by atoms with van der Waals surface area (Å²) in [6.07, 6.45) is 2.83. The van der Waals surface area contributed by atoms with Crippen molar-refractivity contribution in [2.75, 3.05) is 6.54 Å². The topological polar surface area (TPSA) is 52.0 Å². The van der Waals surface area contributed by atoms with Crippen molar-refractivity contribution < 1.29 is 4.39 Å². The van der Waals surface area contributed by atoms with Crippen LogP contribution in [-0.4, -0.2) is 6.54 Å². The molecular weight excluding hydrogens is 227 g/mol. The molecule has 1 rings (SSSR count). The summed E-state index contributed by atoms with van der Waals surface area (Å²) in [4.78, 5) is 0. The summed E-state index contributed by atoms with van der Waals surface area (Å²) in [6.45, 7) is 2.44. The number of unbranched alkanes of at least 4 members (excludes halogenated alkanes) is 1. The summed E-state index contributed by atoms with van der Waals surface area (Å²) in [5, 5.41) is 0. The first kappa shape index (κ1) is 15.4. The second-order valence-corrected chi connectivity index (χ2v) is 3.90. The van der Waals surface area contributed by atoms with Crippen LogP contribution in [0.1, 0.15) is 36.4 Å². The van der Waals surface area contributed by atoms with Crippen LogP contribution in [0.3, 0.4) is 0 Å². The van der Waals surface area contributed by atoms with Crippen LogP contribution >= 0.6 is 12.4 Å². The second-order valence-electron chi connectivity index (χ2n) is 3.90. The third-order valence-corrected chi connectivity index (χ3v) is 2.59. The average Bonchev–Trinajstić information content (AvgIpc) is 2.22. The molecule has 16 heavy (non-hydrogen) atoms. The van der Waals surface area contributed by atoms with Gasteiger partial charge in [0.25, 0.3) is 0 Å². The molecule has 0 amide bonds. The lowest BCUT2D eigenvalue weighted by Crippen LogP contribution is -2.11. The van der Waals surface area contributed by atoms with Crippen LogP contribution in [-0.2, 0) is 0 Å². The van der Waals surface area contributed by atoms with Gasteiger partial charge in [-0.1, -0.05) is 18.6 Å². The second kappa shape index (κ2) is 7.60. The number of nitrogens with two attached hydrogens (primary N) is 2. The zero-order chi connectivity index (χ0) is 11.3. The van der Waals surface area contributed by atoms with Crippen LogP contribution in [0.2, 0.25) is 0 Å². The van der Waals surface area contributed by atoms with E-state index in [1.54, 1.807) is 13.0 Å². The molecule has 1 aromatic carbocycles. The largest absolute Gasteiger partial charge is 0.330 e. The normalized spacial score (nSPS) is 12.0. The van der Waals surface area contributed by atoms with Gasteiger partial charge in [0.1, 0.15) is 5.82 Å². The number of hydrogen-bond acceptors (Lipinski definition) is 2. The van der Waals surface area contributed by atoms with E-state index >= 15 is 0 Å². The molecule has 0 radical (unpaired) electrons. The molecule has 0 aliphatic heterocycles. The van der Waals surface area contributed by atoms with Crippen LogP contribution in [0.25, 0.3) is 0 Å². The molecule has 0 bridgehead atoms. The van der Waals surface area contributed by atoms with E-state index in [1.165, 1.54) is 6.07 Å². The Balaban J connectivity index is 0.00000225. The number of hydrogen-bond donors (Lipinski definition) is 2. The number of halogens is 2. The molecule has 92 valence electrons. The minimum atomic E-state index is -0.179. The van der Waals surface area contributed by atoms with Crippen LogP contribution in [0.4, 0.5) is 4.39 Å². The Bertz CT molecular complexity index is 318. The highest BCUT2D eigenvalue weighted by atomic mass is 35.5. The summed E-state index contributed by atoms with van der Waals surface area (Å²) >= 11 is 0. The van der Waals surface area contributed by atoms with Gasteiger partial charge in [-0.15, -0.1) is 12.4 Å². The molecule has 0 heterocycles. The first-order chi connectivity index (χ1) is 7.15. The highest BCUT2D eigenvalue weighted by Gasteiger charge is 2.07. The highest BCUT2D eigenvalue weighted by molar-refractivity contribution is 5.85. The van der Waals surface area contributed by atoms with E-state index in [4.69, 9.17) is 11.5 Å². The number of rotatable bonds is 5. The van der Waals surface area contributed by atoms with E-state index in [0.29, 0.717) is 12.1 Å². The van der Waals surface area contributed by atoms with Gasteiger partial charge in [0, 0.05) is 6.04 Å². The monoisotopic (exact) mass is 246 g/mol. The van der Waals surface area contributed by atoms with E-state index in [-0.39, 0.29) is 24.3 Å². The number of benzene rings is 1. The molecule has 4 heteroatoms. The van der Waals surface area contributed by atoms with Crippen molar-refractivity contribution in [3.05, 3.63) is 35.1 Å². The highest BCUT2D eigenvalue weighted by Crippen LogP contribution is 2.19. The van der Waals surface area contributed by atoms with Crippen molar-refractivity contribution in [1.82, 2.24) is 0 Å². The maximum atomic E-state index is 13.3. The van der Waals surface area contributed by atoms with E-state index in [2.05, 4.69) is 0 Å². The SMILES string of the molecule is Cc1ccc([C@@H](N)CCCCN)cc1F.Cl. The van der Waals surface area contributed by atoms with E-state index in [9.17, 15) is 4.39 Å². The predicted molar refractivity (Wildman–Crippen MR) is 68.2 cm³/mol. The van der Waals surface area contributed by atoms with Crippen molar-refractivity contribution in [3.8, 4) is 0 Å². The van der Waals surface area contributed by atoms with Gasteiger partial charge in [-0.2, -0.15) is 0 Å². The minimum absolute atomic E-state index is 0. The minimum Gasteiger partial charge on any atom is -0.330 e. The predicted octanol–water partition coefficient (Wildman–Crippen LogP) is 2.68. The first-order valence-electron chi connectivity index (χ1n) is 5.37. The van der Waals surface area contributed by atoms with E-state index in [1.807, 2.05) is 6.07 Å². The van der Waals surface area contributed by atoms with Crippen molar-refractivity contribution in [1.29, 1.82) is 0 Å². The molecule has 1 aromatic rings. The Labute approximate surface area is 103 Å². The van der Waals surface area contributed by atoms with Gasteiger partial charge in [-0.25, -0.2) is 4.39 Å².